The number of hydrogen-bond donors (Lipinski definition) is 1. The van der Waals surface area contributed by atoms with Gasteiger partial charge in [0.05, 0.1) is 12.7 Å². The molecule has 0 saturated heterocycles. The molecule has 1 fully saturated rings. The first-order valence-electron chi connectivity index (χ1n) is 7.55. The summed E-state index contributed by atoms with van der Waals surface area (Å²) in [7, 11) is 1.36. The van der Waals surface area contributed by atoms with Crippen molar-refractivity contribution in [2.75, 3.05) is 7.11 Å². The maximum Gasteiger partial charge on any atom is 0.267 e. The lowest BCUT2D eigenvalue weighted by molar-refractivity contribution is -0.117. The molecule has 0 aliphatic heterocycles. The zero-order chi connectivity index (χ0) is 15.9. The monoisotopic (exact) mass is 309 g/mol. The lowest BCUT2D eigenvalue weighted by Gasteiger charge is -2.21. The van der Waals surface area contributed by atoms with Gasteiger partial charge in [0.15, 0.2) is 0 Å². The van der Waals surface area contributed by atoms with Crippen LogP contribution in [0.2, 0.25) is 0 Å². The summed E-state index contributed by atoms with van der Waals surface area (Å²) in [6.07, 6.45) is 5.87. The second-order valence-corrected chi connectivity index (χ2v) is 5.48. The van der Waals surface area contributed by atoms with E-state index in [1.165, 1.54) is 31.7 Å². The van der Waals surface area contributed by atoms with Crippen LogP contribution in [0.1, 0.15) is 49.7 Å². The maximum atomic E-state index is 12.9. The Hall–Kier alpha value is -1.91. The number of hydrogen-bond acceptors (Lipinski definition) is 2. The number of carbonyl (C=O) groups is 1. The molecule has 0 atom stereocenters. The van der Waals surface area contributed by atoms with Crippen LogP contribution in [-0.4, -0.2) is 19.1 Å². The lowest BCUT2D eigenvalue weighted by atomic mass is 9.95. The number of rotatable bonds is 5. The zero-order valence-corrected chi connectivity index (χ0v) is 12.6. The Kier molecular flexibility index (Phi) is 5.92. The van der Waals surface area contributed by atoms with Crippen molar-refractivity contribution in [2.45, 2.75) is 44.6 Å². The van der Waals surface area contributed by atoms with Crippen LogP contribution in [0.5, 0.6) is 5.75 Å². The third-order valence-corrected chi connectivity index (χ3v) is 3.87. The molecule has 1 N–H and O–H groups in total. The molecule has 0 heterocycles. The molecule has 1 aliphatic carbocycles. The van der Waals surface area contributed by atoms with Gasteiger partial charge in [-0.15, -0.1) is 0 Å². The second-order valence-electron chi connectivity index (χ2n) is 5.48. The molecular weight excluding hydrogens is 288 g/mol. The first-order chi connectivity index (χ1) is 10.6. The number of amides is 1. The van der Waals surface area contributed by atoms with Crippen LogP contribution in [0.15, 0.2) is 24.3 Å². The van der Waals surface area contributed by atoms with Gasteiger partial charge >= 0.3 is 0 Å². The smallest absolute Gasteiger partial charge is 0.267 e. The highest BCUT2D eigenvalue weighted by molar-refractivity contribution is 5.91. The Labute approximate surface area is 129 Å². The van der Waals surface area contributed by atoms with E-state index in [-0.39, 0.29) is 23.3 Å². The average Bonchev–Trinajstić information content (AvgIpc) is 2.53. The van der Waals surface area contributed by atoms with E-state index in [0.717, 1.165) is 25.7 Å². The molecule has 1 aromatic rings. The van der Waals surface area contributed by atoms with E-state index in [4.69, 9.17) is 4.74 Å². The Balaban J connectivity index is 1.99. The van der Waals surface area contributed by atoms with E-state index >= 15 is 0 Å². The van der Waals surface area contributed by atoms with Crippen LogP contribution >= 0.6 is 0 Å². The van der Waals surface area contributed by atoms with E-state index in [1.54, 1.807) is 12.1 Å². The van der Waals surface area contributed by atoms with Crippen molar-refractivity contribution < 1.29 is 18.3 Å². The van der Waals surface area contributed by atoms with Gasteiger partial charge in [-0.2, -0.15) is 0 Å². The van der Waals surface area contributed by atoms with Gasteiger partial charge in [0.2, 0.25) is 5.91 Å². The molecule has 1 amide bonds. The fraction of sp³-hybridized carbons (Fsp3) is 0.471. The largest absolute Gasteiger partial charge is 0.496 e. The molecule has 1 aromatic carbocycles. The number of ether oxygens (including phenoxy) is 1. The van der Waals surface area contributed by atoms with Crippen molar-refractivity contribution in [2.24, 2.45) is 0 Å². The molecule has 22 heavy (non-hydrogen) atoms. The van der Waals surface area contributed by atoms with Gasteiger partial charge in [-0.05, 0) is 36.6 Å². The highest BCUT2D eigenvalue weighted by Crippen LogP contribution is 2.30. The normalized spacial score (nSPS) is 16.2. The van der Waals surface area contributed by atoms with Crippen molar-refractivity contribution in [1.29, 1.82) is 0 Å². The number of nitrogens with one attached hydrogen (secondary N) is 1. The Bertz CT molecular complexity index is 537. The van der Waals surface area contributed by atoms with E-state index in [9.17, 15) is 13.6 Å². The minimum Gasteiger partial charge on any atom is -0.496 e. The van der Waals surface area contributed by atoms with Crippen LogP contribution in [0.4, 0.5) is 8.78 Å². The molecule has 0 aromatic heterocycles. The van der Waals surface area contributed by atoms with Gasteiger partial charge < -0.3 is 10.1 Å². The van der Waals surface area contributed by atoms with Crippen molar-refractivity contribution >= 4 is 12.0 Å². The molecule has 1 aliphatic rings. The Morgan fingerprint density at radius 1 is 1.32 bits per heavy atom. The zero-order valence-electron chi connectivity index (χ0n) is 12.6. The summed E-state index contributed by atoms with van der Waals surface area (Å²) in [4.78, 5) is 11.9. The quantitative estimate of drug-likeness (QED) is 0.832. The van der Waals surface area contributed by atoms with Crippen molar-refractivity contribution in [3.63, 3.8) is 0 Å². The molecule has 0 spiro atoms. The third kappa shape index (κ3) is 4.55. The van der Waals surface area contributed by atoms with E-state index < -0.39 is 6.43 Å². The fourth-order valence-corrected chi connectivity index (χ4v) is 2.70. The van der Waals surface area contributed by atoms with E-state index in [0.29, 0.717) is 5.56 Å². The molecule has 0 radical (unpaired) electrons. The molecule has 3 nitrogen and oxygen atoms in total. The van der Waals surface area contributed by atoms with Crippen LogP contribution in [0, 0.1) is 0 Å². The fourth-order valence-electron chi connectivity index (χ4n) is 2.70. The van der Waals surface area contributed by atoms with Crippen LogP contribution in [0.3, 0.4) is 0 Å². The maximum absolute atomic E-state index is 12.9. The molecule has 1 saturated carbocycles. The minimum atomic E-state index is -2.61. The summed E-state index contributed by atoms with van der Waals surface area (Å²) in [5.74, 6) is -0.0277. The first kappa shape index (κ1) is 16.5. The summed E-state index contributed by atoms with van der Waals surface area (Å²) in [5.41, 5.74) is 0.382. The highest BCUT2D eigenvalue weighted by Gasteiger charge is 2.15. The summed E-state index contributed by atoms with van der Waals surface area (Å²) in [5, 5.41) is 2.95. The Morgan fingerprint density at radius 3 is 2.68 bits per heavy atom. The SMILES string of the molecule is COc1ccc(C=CC(=O)NC2CCCCC2)cc1C(F)F. The predicted molar refractivity (Wildman–Crippen MR) is 82.0 cm³/mol. The van der Waals surface area contributed by atoms with Crippen LogP contribution in [0.25, 0.3) is 6.08 Å². The van der Waals surface area contributed by atoms with Crippen molar-refractivity contribution in [1.82, 2.24) is 5.32 Å². The molecule has 5 heteroatoms. The first-order valence-corrected chi connectivity index (χ1v) is 7.55. The van der Waals surface area contributed by atoms with Crippen LogP contribution in [-0.2, 0) is 4.79 Å². The lowest BCUT2D eigenvalue weighted by Crippen LogP contribution is -2.34. The number of halogens is 2. The van der Waals surface area contributed by atoms with E-state index in [1.807, 2.05) is 0 Å². The second kappa shape index (κ2) is 7.92. The van der Waals surface area contributed by atoms with Crippen LogP contribution < -0.4 is 10.1 Å². The topological polar surface area (TPSA) is 38.3 Å². The summed E-state index contributed by atoms with van der Waals surface area (Å²) in [6, 6.07) is 4.71. The average molecular weight is 309 g/mol. The van der Waals surface area contributed by atoms with Gasteiger partial charge in [0.25, 0.3) is 6.43 Å². The summed E-state index contributed by atoms with van der Waals surface area (Å²) in [6.45, 7) is 0. The van der Waals surface area contributed by atoms with Gasteiger partial charge in [-0.1, -0.05) is 25.3 Å². The summed E-state index contributed by atoms with van der Waals surface area (Å²) >= 11 is 0. The molecule has 2 rings (SSSR count). The predicted octanol–water partition coefficient (Wildman–Crippen LogP) is 4.09. The molecule has 120 valence electrons. The van der Waals surface area contributed by atoms with E-state index in [2.05, 4.69) is 5.32 Å². The minimum absolute atomic E-state index is 0.152. The number of benzene rings is 1. The van der Waals surface area contributed by atoms with Gasteiger partial charge in [0, 0.05) is 12.1 Å². The third-order valence-electron chi connectivity index (χ3n) is 3.87. The molecular formula is C17H21F2NO2. The van der Waals surface area contributed by atoms with Gasteiger partial charge in [-0.25, -0.2) is 8.78 Å². The Morgan fingerprint density at radius 2 is 2.05 bits per heavy atom. The molecule has 0 bridgehead atoms. The standard InChI is InChI=1S/C17H21F2NO2/c1-22-15-9-7-12(11-14(15)17(18)19)8-10-16(21)20-13-5-3-2-4-6-13/h7-11,13,17H,2-6H2,1H3,(H,20,21). The van der Waals surface area contributed by atoms with Crippen molar-refractivity contribution in [3.8, 4) is 5.75 Å². The number of methoxy groups -OCH3 is 1. The molecule has 0 unspecified atom stereocenters. The number of carbonyl (C=O) groups excluding carboxylic acids is 1. The summed E-state index contributed by atoms with van der Waals surface area (Å²) < 4.78 is 30.7. The van der Waals surface area contributed by atoms with Crippen molar-refractivity contribution in [3.05, 3.63) is 35.4 Å². The van der Waals surface area contributed by atoms with Gasteiger partial charge in [-0.3, -0.25) is 4.79 Å². The number of alkyl halides is 2. The van der Waals surface area contributed by atoms with Gasteiger partial charge in [0.1, 0.15) is 5.75 Å². The highest BCUT2D eigenvalue weighted by atomic mass is 19.3.